The number of esters is 1. The summed E-state index contributed by atoms with van der Waals surface area (Å²) >= 11 is 1.66. The Labute approximate surface area is 132 Å². The minimum atomic E-state index is -0.452. The van der Waals surface area contributed by atoms with Gasteiger partial charge in [0.2, 0.25) is 0 Å². The van der Waals surface area contributed by atoms with Gasteiger partial charge in [-0.05, 0) is 17.7 Å². The second-order valence-electron chi connectivity index (χ2n) is 4.69. The van der Waals surface area contributed by atoms with Crippen molar-refractivity contribution in [3.8, 4) is 0 Å². The molecule has 0 amide bonds. The van der Waals surface area contributed by atoms with Crippen LogP contribution in [0.25, 0.3) is 0 Å². The molecular weight excluding hydrogens is 298 g/mol. The van der Waals surface area contributed by atoms with Crippen LogP contribution >= 0.6 is 11.8 Å². The van der Waals surface area contributed by atoms with Crippen LogP contribution in [0.3, 0.4) is 0 Å². The fourth-order valence-corrected chi connectivity index (χ4v) is 3.14. The number of aromatic nitrogens is 1. The van der Waals surface area contributed by atoms with Gasteiger partial charge in [-0.3, -0.25) is 4.99 Å². The highest BCUT2D eigenvalue weighted by molar-refractivity contribution is 8.14. The molecule has 1 unspecified atom stereocenters. The van der Waals surface area contributed by atoms with E-state index in [9.17, 15) is 4.79 Å². The van der Waals surface area contributed by atoms with Gasteiger partial charge in [0.1, 0.15) is 5.82 Å². The lowest BCUT2D eigenvalue weighted by Crippen LogP contribution is -2.10. The molecule has 0 fully saturated rings. The van der Waals surface area contributed by atoms with E-state index in [0.717, 1.165) is 11.7 Å². The van der Waals surface area contributed by atoms with E-state index in [1.807, 2.05) is 18.2 Å². The number of carbonyl (C=O) groups is 1. The standard InChI is InChI=1S/C16H15N3O2S/c1-21-15(20)12-8-5-9-14(18-12)19-16-17-10-13(22-16)11-6-3-2-4-7-11/h2-9,13H,10H2,1H3,(H,17,18,19). The van der Waals surface area contributed by atoms with Crippen molar-refractivity contribution in [2.75, 3.05) is 19.0 Å². The lowest BCUT2D eigenvalue weighted by atomic mass is 10.1. The number of pyridine rings is 1. The Morgan fingerprint density at radius 3 is 2.82 bits per heavy atom. The molecule has 2 aromatic rings. The molecule has 1 aromatic carbocycles. The average Bonchev–Trinajstić information content (AvgIpc) is 3.03. The van der Waals surface area contributed by atoms with E-state index in [0.29, 0.717) is 11.1 Å². The zero-order chi connectivity index (χ0) is 15.4. The van der Waals surface area contributed by atoms with E-state index in [1.54, 1.807) is 30.0 Å². The van der Waals surface area contributed by atoms with Crippen molar-refractivity contribution >= 4 is 28.7 Å². The monoisotopic (exact) mass is 313 g/mol. The Balaban J connectivity index is 1.66. The third-order valence-corrected chi connectivity index (χ3v) is 4.36. The number of methoxy groups -OCH3 is 1. The maximum atomic E-state index is 11.5. The first-order valence-electron chi connectivity index (χ1n) is 6.84. The molecule has 112 valence electrons. The molecule has 1 aliphatic heterocycles. The summed E-state index contributed by atoms with van der Waals surface area (Å²) in [6.45, 7) is 0.730. The number of nitrogens with zero attached hydrogens (tertiary/aromatic N) is 2. The van der Waals surface area contributed by atoms with Gasteiger partial charge in [0.15, 0.2) is 10.9 Å². The third-order valence-electron chi connectivity index (χ3n) is 3.20. The molecule has 1 N–H and O–H groups in total. The number of hydrogen-bond acceptors (Lipinski definition) is 6. The Morgan fingerprint density at radius 2 is 2.05 bits per heavy atom. The molecule has 0 saturated carbocycles. The molecule has 3 rings (SSSR count). The van der Waals surface area contributed by atoms with Gasteiger partial charge < -0.3 is 10.1 Å². The highest BCUT2D eigenvalue weighted by Crippen LogP contribution is 2.35. The number of amidine groups is 1. The Kier molecular flexibility index (Phi) is 4.39. The van der Waals surface area contributed by atoms with E-state index < -0.39 is 5.97 Å². The minimum absolute atomic E-state index is 0.274. The molecule has 0 bridgehead atoms. The Morgan fingerprint density at radius 1 is 1.23 bits per heavy atom. The summed E-state index contributed by atoms with van der Waals surface area (Å²) in [4.78, 5) is 20.2. The van der Waals surface area contributed by atoms with Gasteiger partial charge in [0, 0.05) is 0 Å². The van der Waals surface area contributed by atoms with Gasteiger partial charge in [-0.15, -0.1) is 0 Å². The predicted molar refractivity (Wildman–Crippen MR) is 88.3 cm³/mol. The van der Waals surface area contributed by atoms with Crippen molar-refractivity contribution in [1.29, 1.82) is 0 Å². The average molecular weight is 313 g/mol. The Hall–Kier alpha value is -2.34. The van der Waals surface area contributed by atoms with Crippen molar-refractivity contribution in [2.24, 2.45) is 4.99 Å². The van der Waals surface area contributed by atoms with E-state index in [-0.39, 0.29) is 5.69 Å². The summed E-state index contributed by atoms with van der Waals surface area (Å²) in [7, 11) is 1.34. The van der Waals surface area contributed by atoms with Crippen LogP contribution in [0.4, 0.5) is 5.82 Å². The predicted octanol–water partition coefficient (Wildman–Crippen LogP) is 3.12. The molecule has 1 aliphatic rings. The molecule has 6 heteroatoms. The summed E-state index contributed by atoms with van der Waals surface area (Å²) in [6, 6.07) is 15.4. The largest absolute Gasteiger partial charge is 0.464 e. The van der Waals surface area contributed by atoms with Crippen LogP contribution in [0.15, 0.2) is 53.5 Å². The molecule has 1 atom stereocenters. The quantitative estimate of drug-likeness (QED) is 0.882. The van der Waals surface area contributed by atoms with Crippen molar-refractivity contribution in [3.05, 3.63) is 59.8 Å². The summed E-state index contributed by atoms with van der Waals surface area (Å²) < 4.78 is 4.67. The first-order chi connectivity index (χ1) is 10.8. The van der Waals surface area contributed by atoms with Crippen LogP contribution in [-0.4, -0.2) is 29.8 Å². The summed E-state index contributed by atoms with van der Waals surface area (Å²) in [5, 5.41) is 4.28. The maximum Gasteiger partial charge on any atom is 0.356 e. The number of aliphatic imine (C=N–C) groups is 1. The van der Waals surface area contributed by atoms with Gasteiger partial charge in [-0.1, -0.05) is 48.2 Å². The van der Waals surface area contributed by atoms with Crippen LogP contribution in [-0.2, 0) is 4.74 Å². The van der Waals surface area contributed by atoms with Crippen molar-refractivity contribution in [1.82, 2.24) is 4.98 Å². The number of nitrogens with one attached hydrogen (secondary N) is 1. The highest BCUT2D eigenvalue weighted by atomic mass is 32.2. The molecule has 2 heterocycles. The van der Waals surface area contributed by atoms with Crippen molar-refractivity contribution < 1.29 is 9.53 Å². The first kappa shape index (κ1) is 14.6. The minimum Gasteiger partial charge on any atom is -0.464 e. The molecule has 0 radical (unpaired) electrons. The number of anilines is 1. The number of hydrogen-bond donors (Lipinski definition) is 1. The maximum absolute atomic E-state index is 11.5. The second kappa shape index (κ2) is 6.62. The smallest absolute Gasteiger partial charge is 0.356 e. The fourth-order valence-electron chi connectivity index (χ4n) is 2.12. The van der Waals surface area contributed by atoms with E-state index in [4.69, 9.17) is 0 Å². The number of ether oxygens (including phenoxy) is 1. The van der Waals surface area contributed by atoms with Gasteiger partial charge in [-0.25, -0.2) is 9.78 Å². The Bertz CT molecular complexity index is 704. The second-order valence-corrected chi connectivity index (χ2v) is 5.88. The summed E-state index contributed by atoms with van der Waals surface area (Å²) in [5.41, 5.74) is 1.53. The van der Waals surface area contributed by atoms with Crippen LogP contribution in [0.5, 0.6) is 0 Å². The van der Waals surface area contributed by atoms with Crippen LogP contribution in [0.2, 0.25) is 0 Å². The van der Waals surface area contributed by atoms with Crippen LogP contribution < -0.4 is 5.32 Å². The topological polar surface area (TPSA) is 63.6 Å². The molecule has 0 spiro atoms. The zero-order valence-electron chi connectivity index (χ0n) is 12.0. The zero-order valence-corrected chi connectivity index (χ0v) is 12.8. The number of carbonyl (C=O) groups excluding carboxylic acids is 1. The number of thioether (sulfide) groups is 1. The molecular formula is C16H15N3O2S. The summed E-state index contributed by atoms with van der Waals surface area (Å²) in [5.74, 6) is 0.134. The SMILES string of the molecule is COC(=O)c1cccc(NC2=NCC(c3ccccc3)S2)n1. The molecule has 1 aromatic heterocycles. The molecule has 0 saturated heterocycles. The normalized spacial score (nSPS) is 17.0. The van der Waals surface area contributed by atoms with Gasteiger partial charge in [0.25, 0.3) is 0 Å². The van der Waals surface area contributed by atoms with Crippen molar-refractivity contribution in [3.63, 3.8) is 0 Å². The van der Waals surface area contributed by atoms with E-state index in [1.165, 1.54) is 12.7 Å². The first-order valence-corrected chi connectivity index (χ1v) is 7.72. The van der Waals surface area contributed by atoms with Gasteiger partial charge in [0.05, 0.1) is 18.9 Å². The van der Waals surface area contributed by atoms with Crippen molar-refractivity contribution in [2.45, 2.75) is 5.25 Å². The van der Waals surface area contributed by atoms with Crippen LogP contribution in [0, 0.1) is 0 Å². The lowest BCUT2D eigenvalue weighted by Gasteiger charge is -2.09. The van der Waals surface area contributed by atoms with Gasteiger partial charge >= 0.3 is 5.97 Å². The fraction of sp³-hybridized carbons (Fsp3) is 0.188. The highest BCUT2D eigenvalue weighted by Gasteiger charge is 2.21. The van der Waals surface area contributed by atoms with Crippen LogP contribution in [0.1, 0.15) is 21.3 Å². The number of rotatable bonds is 3. The molecule has 5 nitrogen and oxygen atoms in total. The molecule has 22 heavy (non-hydrogen) atoms. The van der Waals surface area contributed by atoms with E-state index >= 15 is 0 Å². The molecule has 0 aliphatic carbocycles. The summed E-state index contributed by atoms with van der Waals surface area (Å²) in [6.07, 6.45) is 0. The van der Waals surface area contributed by atoms with E-state index in [2.05, 4.69) is 32.2 Å². The van der Waals surface area contributed by atoms with Gasteiger partial charge in [-0.2, -0.15) is 0 Å². The lowest BCUT2D eigenvalue weighted by molar-refractivity contribution is 0.0594. The third kappa shape index (κ3) is 3.28. The number of benzene rings is 1.